The third-order valence-electron chi connectivity index (χ3n) is 4.88. The van der Waals surface area contributed by atoms with Crippen molar-refractivity contribution in [3.8, 4) is 0 Å². The first kappa shape index (κ1) is 24.8. The molecule has 0 saturated heterocycles. The van der Waals surface area contributed by atoms with Gasteiger partial charge in [-0.2, -0.15) is 4.98 Å². The van der Waals surface area contributed by atoms with Gasteiger partial charge >= 0.3 is 0 Å². The van der Waals surface area contributed by atoms with E-state index in [0.717, 1.165) is 10.9 Å². The van der Waals surface area contributed by atoms with Crippen molar-refractivity contribution in [1.29, 1.82) is 0 Å². The van der Waals surface area contributed by atoms with Crippen LogP contribution in [-0.2, 0) is 0 Å². The molecular weight excluding hydrogens is 390 g/mol. The summed E-state index contributed by atoms with van der Waals surface area (Å²) in [5, 5.41) is 0.838. The fourth-order valence-corrected chi connectivity index (χ4v) is 4.71. The van der Waals surface area contributed by atoms with Crippen molar-refractivity contribution in [2.45, 2.75) is 115 Å². The Hall–Kier alpha value is -0.200. The van der Waals surface area contributed by atoms with Gasteiger partial charge in [-0.3, -0.25) is 0 Å². The maximum absolute atomic E-state index is 5.08. The van der Waals surface area contributed by atoms with Gasteiger partial charge in [0.25, 0.3) is 0 Å². The number of unbranched alkanes of at least 4 members (excludes halogenated alkanes) is 15. The Labute approximate surface area is 180 Å². The molecule has 0 radical (unpaired) electrons. The van der Waals surface area contributed by atoms with Gasteiger partial charge in [0, 0.05) is 5.75 Å². The molecule has 0 saturated carbocycles. The molecule has 6 heteroatoms. The number of rotatable bonds is 18. The van der Waals surface area contributed by atoms with E-state index in [1.54, 1.807) is 11.8 Å². The zero-order valence-electron chi connectivity index (χ0n) is 17.2. The van der Waals surface area contributed by atoms with Crippen LogP contribution in [0.25, 0.3) is 0 Å². The summed E-state index contributed by atoms with van der Waals surface area (Å²) in [6.45, 7) is 2.29. The minimum Gasteiger partial charge on any atom is -0.311 e. The first-order valence-electron chi connectivity index (χ1n) is 11.1. The third-order valence-corrected chi connectivity index (χ3v) is 6.24. The van der Waals surface area contributed by atoms with Gasteiger partial charge in [-0.15, -0.1) is 0 Å². The minimum atomic E-state index is 0.466. The second-order valence-electron chi connectivity index (χ2n) is 7.45. The van der Waals surface area contributed by atoms with Crippen molar-refractivity contribution in [1.82, 2.24) is 15.0 Å². The van der Waals surface area contributed by atoms with Crippen LogP contribution in [0, 0.1) is 9.54 Å². The van der Waals surface area contributed by atoms with Crippen LogP contribution in [0.2, 0.25) is 0 Å². The van der Waals surface area contributed by atoms with E-state index < -0.39 is 0 Å². The maximum Gasteiger partial charge on any atom is 0.201 e. The Balaban J connectivity index is 1.79. The van der Waals surface area contributed by atoms with Gasteiger partial charge in [-0.05, 0) is 30.9 Å². The Morgan fingerprint density at radius 2 is 1.11 bits per heavy atom. The molecule has 0 aromatic carbocycles. The summed E-state index contributed by atoms with van der Waals surface area (Å²) in [5.41, 5.74) is 0. The van der Waals surface area contributed by atoms with Gasteiger partial charge in [0.05, 0.1) is 0 Å². The average molecular weight is 430 g/mol. The van der Waals surface area contributed by atoms with Crippen LogP contribution in [0.1, 0.15) is 110 Å². The Morgan fingerprint density at radius 3 is 1.56 bits per heavy atom. The summed E-state index contributed by atoms with van der Waals surface area (Å²) < 4.78 is 1.03. The molecule has 0 spiro atoms. The van der Waals surface area contributed by atoms with E-state index in [0.29, 0.717) is 9.54 Å². The lowest BCUT2D eigenvalue weighted by Gasteiger charge is -2.04. The Bertz CT molecular complexity index is 540. The van der Waals surface area contributed by atoms with Crippen LogP contribution >= 0.6 is 36.2 Å². The standard InChI is InChI=1S/C21H39N3S3/c1-2-3-4-5-6-7-8-9-10-11-12-13-14-15-16-17-18-27-21-23-19(25)22-20(26)24-21/h2-18H2,1H3,(H2,22,23,24,25,26). The molecule has 0 unspecified atom stereocenters. The Kier molecular flexibility index (Phi) is 16.4. The second-order valence-corrected chi connectivity index (χ2v) is 9.33. The molecule has 1 aromatic heterocycles. The van der Waals surface area contributed by atoms with E-state index in [1.807, 2.05) is 0 Å². The van der Waals surface area contributed by atoms with Gasteiger partial charge in [0.1, 0.15) is 0 Å². The molecule has 156 valence electrons. The highest BCUT2D eigenvalue weighted by Gasteiger charge is 1.98. The third kappa shape index (κ3) is 15.4. The molecule has 0 aliphatic rings. The topological polar surface area (TPSA) is 44.5 Å². The van der Waals surface area contributed by atoms with Crippen molar-refractivity contribution in [2.75, 3.05) is 5.75 Å². The predicted octanol–water partition coefficient (Wildman–Crippen LogP) is 8.55. The predicted molar refractivity (Wildman–Crippen MR) is 125 cm³/mol. The lowest BCUT2D eigenvalue weighted by atomic mass is 10.0. The highest BCUT2D eigenvalue weighted by atomic mass is 32.2. The molecular formula is C21H39N3S3. The molecule has 3 nitrogen and oxygen atoms in total. The quantitative estimate of drug-likeness (QED) is 0.139. The smallest absolute Gasteiger partial charge is 0.201 e. The van der Waals surface area contributed by atoms with Crippen molar-refractivity contribution in [2.24, 2.45) is 0 Å². The molecule has 0 amide bonds. The van der Waals surface area contributed by atoms with Crippen molar-refractivity contribution >= 4 is 36.2 Å². The zero-order valence-corrected chi connectivity index (χ0v) is 19.6. The average Bonchev–Trinajstić information content (AvgIpc) is 2.63. The summed E-state index contributed by atoms with van der Waals surface area (Å²) in [7, 11) is 0. The van der Waals surface area contributed by atoms with E-state index in [2.05, 4.69) is 21.9 Å². The van der Waals surface area contributed by atoms with E-state index in [4.69, 9.17) is 24.4 Å². The lowest BCUT2D eigenvalue weighted by Crippen LogP contribution is -1.92. The number of nitrogens with one attached hydrogen (secondary N) is 2. The normalized spacial score (nSPS) is 11.1. The summed E-state index contributed by atoms with van der Waals surface area (Å²) in [6.07, 6.45) is 22.5. The number of thioether (sulfide) groups is 1. The number of aromatic nitrogens is 3. The molecule has 0 bridgehead atoms. The van der Waals surface area contributed by atoms with Crippen LogP contribution < -0.4 is 0 Å². The number of hydrogen-bond acceptors (Lipinski definition) is 4. The molecule has 1 rings (SSSR count). The van der Waals surface area contributed by atoms with Gasteiger partial charge in [-0.25, -0.2) is 0 Å². The van der Waals surface area contributed by atoms with E-state index in [9.17, 15) is 0 Å². The maximum atomic E-state index is 5.08. The van der Waals surface area contributed by atoms with Gasteiger partial charge in [0.2, 0.25) is 4.77 Å². The molecule has 0 aliphatic carbocycles. The van der Waals surface area contributed by atoms with Crippen molar-refractivity contribution < 1.29 is 0 Å². The lowest BCUT2D eigenvalue weighted by molar-refractivity contribution is 0.531. The summed E-state index contributed by atoms with van der Waals surface area (Å²) in [5.74, 6) is 1.08. The second kappa shape index (κ2) is 17.9. The monoisotopic (exact) mass is 429 g/mol. The zero-order chi connectivity index (χ0) is 19.6. The number of nitrogens with zero attached hydrogens (tertiary/aromatic N) is 1. The summed E-state index contributed by atoms with van der Waals surface area (Å²) in [6, 6.07) is 0. The minimum absolute atomic E-state index is 0.466. The SMILES string of the molecule is CCCCCCCCCCCCCCCCCCSc1nc(=S)[nH]c(=S)[nH]1. The van der Waals surface area contributed by atoms with Gasteiger partial charge < -0.3 is 9.97 Å². The van der Waals surface area contributed by atoms with Crippen LogP contribution in [0.5, 0.6) is 0 Å². The molecule has 27 heavy (non-hydrogen) atoms. The van der Waals surface area contributed by atoms with E-state index >= 15 is 0 Å². The van der Waals surface area contributed by atoms with Gasteiger partial charge in [0.15, 0.2) is 9.93 Å². The Morgan fingerprint density at radius 1 is 0.667 bits per heavy atom. The molecule has 0 fully saturated rings. The highest BCUT2D eigenvalue weighted by molar-refractivity contribution is 7.99. The number of aromatic amines is 2. The van der Waals surface area contributed by atoms with Crippen LogP contribution in [0.3, 0.4) is 0 Å². The highest BCUT2D eigenvalue weighted by Crippen LogP contribution is 2.16. The van der Waals surface area contributed by atoms with Crippen LogP contribution in [-0.4, -0.2) is 20.7 Å². The largest absolute Gasteiger partial charge is 0.311 e. The fraction of sp³-hybridized carbons (Fsp3) is 0.857. The van der Waals surface area contributed by atoms with Crippen LogP contribution in [0.4, 0.5) is 0 Å². The molecule has 2 N–H and O–H groups in total. The molecule has 0 aliphatic heterocycles. The van der Waals surface area contributed by atoms with E-state index in [-0.39, 0.29) is 0 Å². The fourth-order valence-electron chi connectivity index (χ4n) is 3.26. The van der Waals surface area contributed by atoms with Crippen molar-refractivity contribution in [3.05, 3.63) is 9.54 Å². The molecule has 1 aromatic rings. The molecule has 0 atom stereocenters. The first-order valence-corrected chi connectivity index (χ1v) is 12.9. The van der Waals surface area contributed by atoms with Crippen molar-refractivity contribution in [3.63, 3.8) is 0 Å². The van der Waals surface area contributed by atoms with Crippen LogP contribution in [0.15, 0.2) is 5.16 Å². The number of hydrogen-bond donors (Lipinski definition) is 2. The number of H-pyrrole nitrogens is 2. The molecule has 1 heterocycles. The summed E-state index contributed by atoms with van der Waals surface area (Å²) >= 11 is 11.8. The van der Waals surface area contributed by atoms with Gasteiger partial charge in [-0.1, -0.05) is 115 Å². The first-order chi connectivity index (χ1) is 13.2. The summed E-state index contributed by atoms with van der Waals surface area (Å²) in [4.78, 5) is 10.1. The van der Waals surface area contributed by atoms with E-state index in [1.165, 1.54) is 103 Å².